The molecule has 2 heterocycles. The third-order valence-corrected chi connectivity index (χ3v) is 4.33. The fourth-order valence-corrected chi connectivity index (χ4v) is 3.35. The van der Waals surface area contributed by atoms with E-state index in [0.29, 0.717) is 29.2 Å². The van der Waals surface area contributed by atoms with E-state index in [0.717, 1.165) is 19.4 Å². The third kappa shape index (κ3) is 2.63. The van der Waals surface area contributed by atoms with E-state index in [9.17, 15) is 4.79 Å². The van der Waals surface area contributed by atoms with Crippen molar-refractivity contribution >= 4 is 17.5 Å². The number of rotatable bonds is 1. The number of amides is 1. The first-order valence-electron chi connectivity index (χ1n) is 6.84. The van der Waals surface area contributed by atoms with E-state index in [1.165, 1.54) is 0 Å². The quantitative estimate of drug-likeness (QED) is 0.791. The van der Waals surface area contributed by atoms with Crippen LogP contribution >= 0.6 is 11.6 Å². The molecular formula is C15H18ClNO2. The number of hydrogen-bond donors (Lipinski definition) is 0. The van der Waals surface area contributed by atoms with Gasteiger partial charge in [0.25, 0.3) is 5.91 Å². The first-order chi connectivity index (χ1) is 9.13. The van der Waals surface area contributed by atoms with Gasteiger partial charge in [0.05, 0.1) is 12.2 Å². The summed E-state index contributed by atoms with van der Waals surface area (Å²) in [6, 6.07) is 7.15. The van der Waals surface area contributed by atoms with E-state index in [1.807, 2.05) is 17.0 Å². The Morgan fingerprint density at radius 3 is 3.11 bits per heavy atom. The van der Waals surface area contributed by atoms with Crippen LogP contribution < -0.4 is 0 Å². The van der Waals surface area contributed by atoms with Crippen LogP contribution in [0.2, 0.25) is 5.02 Å². The maximum atomic E-state index is 12.4. The molecule has 3 rings (SSSR count). The number of piperidine rings is 1. The number of hydrogen-bond acceptors (Lipinski definition) is 2. The molecule has 1 aromatic carbocycles. The first kappa shape index (κ1) is 12.9. The van der Waals surface area contributed by atoms with Gasteiger partial charge >= 0.3 is 0 Å². The number of fused-ring (bicyclic) bond motifs is 1. The molecule has 0 spiro atoms. The van der Waals surface area contributed by atoms with Crippen LogP contribution in [0.1, 0.15) is 30.1 Å². The van der Waals surface area contributed by atoms with Crippen molar-refractivity contribution < 1.29 is 9.53 Å². The van der Waals surface area contributed by atoms with Crippen LogP contribution in [0.25, 0.3) is 0 Å². The van der Waals surface area contributed by atoms with E-state index >= 15 is 0 Å². The van der Waals surface area contributed by atoms with Crippen LogP contribution in [-0.2, 0) is 4.74 Å². The fraction of sp³-hybridized carbons (Fsp3) is 0.533. The van der Waals surface area contributed by atoms with Gasteiger partial charge in [-0.05, 0) is 43.9 Å². The average molecular weight is 280 g/mol. The number of carbonyl (C=O) groups is 1. The molecule has 0 bridgehead atoms. The lowest BCUT2D eigenvalue weighted by atomic mass is 9.92. The standard InChI is InChI=1S/C15H18ClNO2/c1-10-7-11-5-6-17(9-14(11)19-10)15(18)12-3-2-4-13(16)8-12/h2-4,8,10-11,14H,5-7,9H2,1H3/t10-,11-,14+/m1/s1. The molecule has 2 saturated heterocycles. The van der Waals surface area contributed by atoms with Crippen LogP contribution in [-0.4, -0.2) is 36.1 Å². The zero-order valence-electron chi connectivity index (χ0n) is 11.0. The Bertz CT molecular complexity index is 491. The second kappa shape index (κ2) is 5.14. The van der Waals surface area contributed by atoms with Gasteiger partial charge in [0.2, 0.25) is 0 Å². The first-order valence-corrected chi connectivity index (χ1v) is 7.21. The van der Waals surface area contributed by atoms with Crippen LogP contribution in [0.4, 0.5) is 0 Å². The number of nitrogens with zero attached hydrogens (tertiary/aromatic N) is 1. The van der Waals surface area contributed by atoms with Gasteiger partial charge in [-0.2, -0.15) is 0 Å². The summed E-state index contributed by atoms with van der Waals surface area (Å²) < 4.78 is 5.89. The maximum Gasteiger partial charge on any atom is 0.253 e. The summed E-state index contributed by atoms with van der Waals surface area (Å²) in [5.74, 6) is 0.683. The van der Waals surface area contributed by atoms with Gasteiger partial charge in [-0.1, -0.05) is 17.7 Å². The molecule has 4 heteroatoms. The molecule has 2 aliphatic heterocycles. The summed E-state index contributed by atoms with van der Waals surface area (Å²) in [4.78, 5) is 14.3. The van der Waals surface area contributed by atoms with Crippen molar-refractivity contribution in [2.45, 2.75) is 32.0 Å². The predicted octanol–water partition coefficient (Wildman–Crippen LogP) is 2.98. The molecule has 2 aliphatic rings. The molecule has 0 saturated carbocycles. The monoisotopic (exact) mass is 279 g/mol. The maximum absolute atomic E-state index is 12.4. The zero-order chi connectivity index (χ0) is 13.4. The highest BCUT2D eigenvalue weighted by molar-refractivity contribution is 6.30. The number of carbonyl (C=O) groups excluding carboxylic acids is 1. The van der Waals surface area contributed by atoms with Gasteiger partial charge in [0.15, 0.2) is 0 Å². The van der Waals surface area contributed by atoms with Gasteiger partial charge in [-0.3, -0.25) is 4.79 Å². The van der Waals surface area contributed by atoms with E-state index in [1.54, 1.807) is 12.1 Å². The highest BCUT2D eigenvalue weighted by atomic mass is 35.5. The SMILES string of the molecule is C[C@@H]1C[C@H]2CCN(C(=O)c3cccc(Cl)c3)C[C@@H]2O1. The van der Waals surface area contributed by atoms with Crippen molar-refractivity contribution in [1.82, 2.24) is 4.90 Å². The van der Waals surface area contributed by atoms with Crippen molar-refractivity contribution in [3.8, 4) is 0 Å². The Hall–Kier alpha value is -1.06. The number of halogens is 1. The average Bonchev–Trinajstić information content (AvgIpc) is 2.76. The summed E-state index contributed by atoms with van der Waals surface area (Å²) in [5.41, 5.74) is 0.664. The van der Waals surface area contributed by atoms with E-state index in [-0.39, 0.29) is 12.0 Å². The van der Waals surface area contributed by atoms with Crippen molar-refractivity contribution in [2.24, 2.45) is 5.92 Å². The number of likely N-dealkylation sites (tertiary alicyclic amines) is 1. The second-order valence-corrected chi connectivity index (χ2v) is 5.97. The largest absolute Gasteiger partial charge is 0.373 e. The minimum Gasteiger partial charge on any atom is -0.373 e. The van der Waals surface area contributed by atoms with Gasteiger partial charge in [0.1, 0.15) is 0 Å². The minimum atomic E-state index is 0.0594. The normalized spacial score (nSPS) is 30.2. The third-order valence-electron chi connectivity index (χ3n) is 4.10. The van der Waals surface area contributed by atoms with Gasteiger partial charge < -0.3 is 9.64 Å². The molecule has 0 radical (unpaired) electrons. The molecule has 0 unspecified atom stereocenters. The highest BCUT2D eigenvalue weighted by Gasteiger charge is 2.38. The van der Waals surface area contributed by atoms with Crippen molar-refractivity contribution in [1.29, 1.82) is 0 Å². The Labute approximate surface area is 118 Å². The molecule has 3 nitrogen and oxygen atoms in total. The summed E-state index contributed by atoms with van der Waals surface area (Å²) >= 11 is 5.94. The van der Waals surface area contributed by atoms with Gasteiger partial charge in [-0.25, -0.2) is 0 Å². The van der Waals surface area contributed by atoms with Gasteiger partial charge in [-0.15, -0.1) is 0 Å². The topological polar surface area (TPSA) is 29.5 Å². The molecular weight excluding hydrogens is 262 g/mol. The minimum absolute atomic E-state index is 0.0594. The molecule has 1 aromatic rings. The molecule has 19 heavy (non-hydrogen) atoms. The smallest absolute Gasteiger partial charge is 0.253 e. The molecule has 2 fully saturated rings. The lowest BCUT2D eigenvalue weighted by Crippen LogP contribution is -2.45. The highest BCUT2D eigenvalue weighted by Crippen LogP contribution is 2.33. The van der Waals surface area contributed by atoms with Crippen LogP contribution in [0.3, 0.4) is 0 Å². The van der Waals surface area contributed by atoms with Crippen LogP contribution in [0, 0.1) is 5.92 Å². The number of benzene rings is 1. The predicted molar refractivity (Wildman–Crippen MR) is 74.4 cm³/mol. The fourth-order valence-electron chi connectivity index (χ4n) is 3.16. The lowest BCUT2D eigenvalue weighted by molar-refractivity contribution is 0.00157. The van der Waals surface area contributed by atoms with Gasteiger partial charge in [0, 0.05) is 23.7 Å². The van der Waals surface area contributed by atoms with Crippen molar-refractivity contribution in [2.75, 3.05) is 13.1 Å². The van der Waals surface area contributed by atoms with E-state index < -0.39 is 0 Å². The van der Waals surface area contributed by atoms with Crippen LogP contribution in [0.15, 0.2) is 24.3 Å². The Balaban J connectivity index is 1.71. The number of ether oxygens (including phenoxy) is 1. The molecule has 3 atom stereocenters. The molecule has 1 amide bonds. The summed E-state index contributed by atoms with van der Waals surface area (Å²) in [6.45, 7) is 3.64. The second-order valence-electron chi connectivity index (χ2n) is 5.53. The van der Waals surface area contributed by atoms with E-state index in [2.05, 4.69) is 6.92 Å². The summed E-state index contributed by atoms with van der Waals surface area (Å²) in [6.07, 6.45) is 2.72. The molecule has 102 valence electrons. The zero-order valence-corrected chi connectivity index (χ0v) is 11.8. The molecule has 0 aromatic heterocycles. The van der Waals surface area contributed by atoms with Crippen LogP contribution in [0.5, 0.6) is 0 Å². The Morgan fingerprint density at radius 1 is 1.47 bits per heavy atom. The van der Waals surface area contributed by atoms with Crippen molar-refractivity contribution in [3.63, 3.8) is 0 Å². The summed E-state index contributed by atoms with van der Waals surface area (Å²) in [7, 11) is 0. The molecule has 0 aliphatic carbocycles. The molecule has 0 N–H and O–H groups in total. The summed E-state index contributed by atoms with van der Waals surface area (Å²) in [5, 5.41) is 0.603. The lowest BCUT2D eigenvalue weighted by Gasteiger charge is -2.34. The van der Waals surface area contributed by atoms with E-state index in [4.69, 9.17) is 16.3 Å². The van der Waals surface area contributed by atoms with Crippen molar-refractivity contribution in [3.05, 3.63) is 34.9 Å². The Morgan fingerprint density at radius 2 is 2.32 bits per heavy atom. The Kier molecular flexibility index (Phi) is 3.50.